The third-order valence-electron chi connectivity index (χ3n) is 1.94. The van der Waals surface area contributed by atoms with Crippen LogP contribution in [0.25, 0.3) is 11.2 Å². The summed E-state index contributed by atoms with van der Waals surface area (Å²) in [5.41, 5.74) is 2.54. The van der Waals surface area contributed by atoms with Crippen LogP contribution in [0.5, 0.6) is 0 Å². The van der Waals surface area contributed by atoms with Crippen LogP contribution in [-0.4, -0.2) is 29.3 Å². The molecule has 0 atom stereocenters. The first-order valence-corrected chi connectivity index (χ1v) is 6.78. The smallest absolute Gasteiger partial charge is 0.453 e. The predicted octanol–water partition coefficient (Wildman–Crippen LogP) is 1.75. The number of nitrogens with zero attached hydrogens (tertiary/aromatic N) is 4. The summed E-state index contributed by atoms with van der Waals surface area (Å²) in [6, 6.07) is 1.13. The Kier molecular flexibility index (Phi) is 18.6. The van der Waals surface area contributed by atoms with Crippen molar-refractivity contribution in [2.24, 2.45) is 0 Å². The Morgan fingerprint density at radius 1 is 1.36 bits per heavy atom. The van der Waals surface area contributed by atoms with Gasteiger partial charge in [-0.2, -0.15) is 0 Å². The minimum Gasteiger partial charge on any atom is -0.453 e. The fraction of sp³-hybridized carbons (Fsp3) is 0.273. The second-order valence-electron chi connectivity index (χ2n) is 3.81. The van der Waals surface area contributed by atoms with Gasteiger partial charge in [0, 0.05) is 68.8 Å². The van der Waals surface area contributed by atoms with Gasteiger partial charge in [0.2, 0.25) is 0 Å². The minimum atomic E-state index is -3.89. The van der Waals surface area contributed by atoms with E-state index in [4.69, 9.17) is 9.79 Å². The van der Waals surface area contributed by atoms with Gasteiger partial charge in [0.05, 0.1) is 0 Å². The summed E-state index contributed by atoms with van der Waals surface area (Å²) in [5.74, 6) is 0. The maximum absolute atomic E-state index is 9.22. The molecule has 11 heteroatoms. The number of hydrogen-bond donors (Lipinski definition) is 2. The average Bonchev–Trinajstić information content (AvgIpc) is 2.59. The van der Waals surface area contributed by atoms with Gasteiger partial charge in [0.1, 0.15) is 0 Å². The van der Waals surface area contributed by atoms with Crippen molar-refractivity contribution in [1.29, 1.82) is 0 Å². The van der Waals surface area contributed by atoms with Crippen molar-refractivity contribution in [3.05, 3.63) is 38.5 Å². The summed E-state index contributed by atoms with van der Waals surface area (Å²) >= 11 is 0. The molecular weight excluding hydrogens is 591 g/mol. The van der Waals surface area contributed by atoms with E-state index in [-0.39, 0.29) is 79.8 Å². The van der Waals surface area contributed by atoms with Crippen LogP contribution in [0.2, 0.25) is 0 Å². The largest absolute Gasteiger partial charge is 2.00 e. The van der Waals surface area contributed by atoms with Gasteiger partial charge in [-0.3, -0.25) is 4.57 Å². The van der Waals surface area contributed by atoms with Crippen LogP contribution >= 0.6 is 7.60 Å². The second-order valence-corrected chi connectivity index (χ2v) is 5.14. The molecule has 2 rings (SSSR count). The molecule has 2 heterocycles. The third-order valence-corrected chi connectivity index (χ3v) is 1.94. The molecule has 0 aliphatic rings. The summed E-state index contributed by atoms with van der Waals surface area (Å²) in [7, 11) is -3.89. The molecule has 2 aromatic heterocycles. The molecule has 22 heavy (non-hydrogen) atoms. The molecule has 0 spiro atoms. The van der Waals surface area contributed by atoms with Crippen molar-refractivity contribution in [2.45, 2.75) is 20.8 Å². The summed E-state index contributed by atoms with van der Waals surface area (Å²) in [6.07, 6.45) is 4.37. The quantitative estimate of drug-likeness (QED) is 0.379. The van der Waals surface area contributed by atoms with E-state index in [0.29, 0.717) is 0 Å². The van der Waals surface area contributed by atoms with Crippen molar-refractivity contribution in [1.82, 2.24) is 19.5 Å². The van der Waals surface area contributed by atoms with Gasteiger partial charge < -0.3 is 36.7 Å². The predicted molar refractivity (Wildman–Crippen MR) is 72.7 cm³/mol. The molecule has 2 N–H and O–H groups in total. The number of rotatable bonds is 1. The number of aromatic nitrogens is 4. The van der Waals surface area contributed by atoms with Crippen LogP contribution in [0.1, 0.15) is 19.5 Å². The fourth-order valence-electron chi connectivity index (χ4n) is 1.23. The summed E-state index contributed by atoms with van der Waals surface area (Å²) in [5, 5.41) is 0. The Bertz CT molecular complexity index is 585. The number of imidazole rings is 1. The van der Waals surface area contributed by atoms with Crippen molar-refractivity contribution < 1.29 is 86.7 Å². The van der Waals surface area contributed by atoms with Gasteiger partial charge in [-0.15, -0.1) is 6.04 Å². The Labute approximate surface area is 182 Å². The minimum absolute atomic E-state index is 0. The molecule has 0 fully saturated rings. The average molecular weight is 608 g/mol. The van der Waals surface area contributed by atoms with E-state index >= 15 is 0 Å². The van der Waals surface area contributed by atoms with E-state index in [1.165, 1.54) is 0 Å². The number of fused-ring (bicyclic) bond motifs is 1. The molecule has 0 amide bonds. The maximum Gasteiger partial charge on any atom is 2.00 e. The normalized spacial score (nSPS) is 9.00. The van der Waals surface area contributed by atoms with Gasteiger partial charge in [-0.25, -0.2) is 6.66 Å². The van der Waals surface area contributed by atoms with Crippen LogP contribution < -0.4 is 0 Å². The fourth-order valence-corrected chi connectivity index (χ4v) is 1.23. The van der Waals surface area contributed by atoms with E-state index in [9.17, 15) is 4.57 Å². The van der Waals surface area contributed by atoms with E-state index in [0.717, 1.165) is 22.9 Å². The first-order valence-electron chi connectivity index (χ1n) is 4.98. The molecular formula is C11H17N4O3PVWY-2. The standard InChI is InChI=1S/C9H10N4.CH4O3P.CH3.V.W.Y/c1-6(2)13-5-12-8-7(3)10-4-11-9(8)13;1-5(2,3)4;;;;/h5H,1-3H3;1H2,(H2,2,3,4);1H3;;;/q-2;2*-1;;+2;. The molecule has 0 unspecified atom stereocenters. The van der Waals surface area contributed by atoms with E-state index in [2.05, 4.69) is 27.9 Å². The van der Waals surface area contributed by atoms with Crippen molar-refractivity contribution >= 4 is 18.8 Å². The number of aryl methyl sites for hydroxylation is 1. The van der Waals surface area contributed by atoms with Crippen LogP contribution in [0.3, 0.4) is 0 Å². The third kappa shape index (κ3) is 10.7. The van der Waals surface area contributed by atoms with Crippen LogP contribution in [0.4, 0.5) is 0 Å². The van der Waals surface area contributed by atoms with E-state index in [1.54, 1.807) is 6.33 Å². The Hall–Kier alpha value is 0.947. The van der Waals surface area contributed by atoms with Crippen molar-refractivity contribution in [3.8, 4) is 0 Å². The van der Waals surface area contributed by atoms with E-state index in [1.807, 2.05) is 25.3 Å². The van der Waals surface area contributed by atoms with Gasteiger partial charge in [-0.05, 0) is 12.0 Å². The molecule has 0 aliphatic heterocycles. The molecule has 2 aromatic rings. The van der Waals surface area contributed by atoms with Crippen LogP contribution in [-0.2, 0) is 76.9 Å². The van der Waals surface area contributed by atoms with Gasteiger partial charge in [-0.1, -0.05) is 20.8 Å². The SMILES string of the molecule is Cc1n[c-]nc2c1ncn2[C-](C)C.[CH2-]P(=O)(O)O.[CH3-].[V].[W+2].[Y]. The van der Waals surface area contributed by atoms with Crippen molar-refractivity contribution in [2.75, 3.05) is 0 Å². The zero-order valence-corrected chi connectivity index (χ0v) is 20.8. The Morgan fingerprint density at radius 2 is 1.82 bits per heavy atom. The zero-order chi connectivity index (χ0) is 13.9. The molecule has 0 saturated heterocycles. The molecule has 0 saturated carbocycles. The molecule has 0 aliphatic carbocycles. The molecule has 0 bridgehead atoms. The molecule has 120 valence electrons. The molecule has 2 radical (unpaired) electrons. The van der Waals surface area contributed by atoms with Gasteiger partial charge in [0.15, 0.2) is 7.60 Å². The molecule has 7 nitrogen and oxygen atoms in total. The van der Waals surface area contributed by atoms with E-state index < -0.39 is 7.60 Å². The van der Waals surface area contributed by atoms with Gasteiger partial charge >= 0.3 is 21.1 Å². The van der Waals surface area contributed by atoms with Gasteiger partial charge in [0.25, 0.3) is 0 Å². The van der Waals surface area contributed by atoms with Crippen molar-refractivity contribution in [3.63, 3.8) is 0 Å². The first kappa shape index (κ1) is 30.8. The second kappa shape index (κ2) is 13.3. The summed E-state index contributed by atoms with van der Waals surface area (Å²) in [4.78, 5) is 27.3. The first-order chi connectivity index (χ1) is 8.20. The summed E-state index contributed by atoms with van der Waals surface area (Å²) < 4.78 is 11.1. The van der Waals surface area contributed by atoms with Crippen LogP contribution in [0.15, 0.2) is 6.33 Å². The zero-order valence-electron chi connectivity index (χ0n) is 12.8. The molecule has 0 aromatic carbocycles. The maximum atomic E-state index is 9.22. The Morgan fingerprint density at radius 3 is 2.23 bits per heavy atom. The number of hydrogen-bond acceptors (Lipinski definition) is 4. The summed E-state index contributed by atoms with van der Waals surface area (Å²) in [6.45, 7) is 8.37. The topological polar surface area (TPSA) is 101 Å². The van der Waals surface area contributed by atoms with Crippen LogP contribution in [0, 0.1) is 33.4 Å². The Balaban J connectivity index is -0.000000161. The monoisotopic (exact) mass is 608 g/mol.